The molecule has 116 valence electrons. The molecular formula is C17H22IN4+. The Morgan fingerprint density at radius 1 is 1.05 bits per heavy atom. The predicted molar refractivity (Wildman–Crippen MR) is 99.4 cm³/mol. The smallest absolute Gasteiger partial charge is 0.151 e. The second-order valence-corrected chi connectivity index (χ2v) is 6.80. The fraction of sp³-hybridized carbons (Fsp3) is 0.412. The fourth-order valence-corrected chi connectivity index (χ4v) is 3.79. The summed E-state index contributed by atoms with van der Waals surface area (Å²) in [5.41, 5.74) is 2.07. The predicted octanol–water partition coefficient (Wildman–Crippen LogP) is 2.80. The Labute approximate surface area is 148 Å². The van der Waals surface area contributed by atoms with E-state index in [4.69, 9.17) is 0 Å². The van der Waals surface area contributed by atoms with Crippen LogP contribution in [0, 0.1) is 0 Å². The maximum Gasteiger partial charge on any atom is 0.151 e. The lowest BCUT2D eigenvalue weighted by Gasteiger charge is -2.38. The van der Waals surface area contributed by atoms with Gasteiger partial charge in [0.2, 0.25) is 0 Å². The van der Waals surface area contributed by atoms with Crippen molar-refractivity contribution in [2.75, 3.05) is 32.1 Å². The number of likely N-dealkylation sites (tertiary alicyclic amines) is 1. The van der Waals surface area contributed by atoms with E-state index >= 15 is 0 Å². The highest BCUT2D eigenvalue weighted by Gasteiger charge is 2.50. The molecule has 2 bridgehead atoms. The Bertz CT molecular complexity index is 641. The van der Waals surface area contributed by atoms with Crippen LogP contribution in [0.25, 0.3) is 11.3 Å². The first-order valence-corrected chi connectivity index (χ1v) is 7.62. The molecule has 0 spiro atoms. The largest absolute Gasteiger partial charge is 0.340 e. The van der Waals surface area contributed by atoms with Gasteiger partial charge in [-0.1, -0.05) is 30.3 Å². The molecule has 2 aromatic rings. The van der Waals surface area contributed by atoms with Crippen molar-refractivity contribution in [1.82, 2.24) is 10.2 Å². The lowest BCUT2D eigenvalue weighted by atomic mass is 10.1. The van der Waals surface area contributed by atoms with E-state index < -0.39 is 0 Å². The van der Waals surface area contributed by atoms with Crippen LogP contribution in [-0.4, -0.2) is 53.9 Å². The third-order valence-electron chi connectivity index (χ3n) is 5.08. The Morgan fingerprint density at radius 3 is 2.36 bits per heavy atom. The first kappa shape index (κ1) is 15.7. The summed E-state index contributed by atoms with van der Waals surface area (Å²) in [6.07, 6.45) is 1.29. The molecule has 1 aromatic heterocycles. The van der Waals surface area contributed by atoms with Crippen LogP contribution in [0.1, 0.15) is 6.42 Å². The number of quaternary nitrogens is 1. The molecule has 4 nitrogen and oxygen atoms in total. The molecule has 0 aliphatic carbocycles. The van der Waals surface area contributed by atoms with Crippen molar-refractivity contribution in [1.29, 1.82) is 0 Å². The van der Waals surface area contributed by atoms with E-state index in [1.54, 1.807) is 0 Å². The van der Waals surface area contributed by atoms with E-state index in [2.05, 4.69) is 53.5 Å². The van der Waals surface area contributed by atoms with Gasteiger partial charge in [-0.25, -0.2) is 0 Å². The SMILES string of the molecule is C[N+]1(C)C[C@@H]2C[C@H]1CN2c1ccc(-c2ccccc2)nn1.I. The minimum atomic E-state index is 0. The molecule has 2 aliphatic heterocycles. The van der Waals surface area contributed by atoms with Crippen molar-refractivity contribution in [3.63, 3.8) is 0 Å². The summed E-state index contributed by atoms with van der Waals surface area (Å²) >= 11 is 0. The molecule has 2 aliphatic rings. The number of nitrogens with zero attached hydrogens (tertiary/aromatic N) is 4. The molecule has 0 unspecified atom stereocenters. The van der Waals surface area contributed by atoms with Gasteiger partial charge in [0.15, 0.2) is 5.82 Å². The monoisotopic (exact) mass is 409 g/mol. The van der Waals surface area contributed by atoms with Gasteiger partial charge in [-0.3, -0.25) is 0 Å². The molecule has 0 amide bonds. The topological polar surface area (TPSA) is 29.0 Å². The van der Waals surface area contributed by atoms with Crippen molar-refractivity contribution in [2.24, 2.45) is 0 Å². The molecule has 0 N–H and O–H groups in total. The van der Waals surface area contributed by atoms with E-state index in [1.807, 2.05) is 18.2 Å². The average molecular weight is 409 g/mol. The number of rotatable bonds is 2. The van der Waals surface area contributed by atoms with Crippen molar-refractivity contribution < 1.29 is 4.48 Å². The van der Waals surface area contributed by atoms with Gasteiger partial charge in [0, 0.05) is 12.0 Å². The zero-order valence-electron chi connectivity index (χ0n) is 13.0. The van der Waals surface area contributed by atoms with Crippen molar-refractivity contribution in [2.45, 2.75) is 18.5 Å². The van der Waals surface area contributed by atoms with Crippen LogP contribution in [0.5, 0.6) is 0 Å². The molecule has 22 heavy (non-hydrogen) atoms. The van der Waals surface area contributed by atoms with E-state index in [0.717, 1.165) is 34.1 Å². The first-order valence-electron chi connectivity index (χ1n) is 7.62. The van der Waals surface area contributed by atoms with Gasteiger partial charge >= 0.3 is 0 Å². The highest BCUT2D eigenvalue weighted by Crippen LogP contribution is 2.36. The average Bonchev–Trinajstić information content (AvgIpc) is 3.04. The van der Waals surface area contributed by atoms with Gasteiger partial charge in [0.05, 0.1) is 38.9 Å². The quantitative estimate of drug-likeness (QED) is 0.565. The zero-order chi connectivity index (χ0) is 14.4. The number of fused-ring (bicyclic) bond motifs is 2. The molecule has 0 saturated carbocycles. The summed E-state index contributed by atoms with van der Waals surface area (Å²) in [5.74, 6) is 1.03. The first-order chi connectivity index (χ1) is 10.1. The molecule has 3 heterocycles. The standard InChI is InChI=1S/C17H21N4.HI/c1-21(2)12-14-10-15(21)11-20(14)17-9-8-16(18-19-17)13-6-4-3-5-7-13;/h3-9,14-15H,10-12H2,1-2H3;1H/q+1;/t14-,15-;/m0./s1. The Balaban J connectivity index is 0.00000144. The van der Waals surface area contributed by atoms with Gasteiger partial charge in [0.1, 0.15) is 6.04 Å². The van der Waals surface area contributed by atoms with Gasteiger partial charge in [-0.05, 0) is 12.1 Å². The minimum absolute atomic E-state index is 0. The van der Waals surface area contributed by atoms with Crippen LogP contribution in [0.2, 0.25) is 0 Å². The summed E-state index contributed by atoms with van der Waals surface area (Å²) in [7, 11) is 4.68. The number of hydrogen-bond donors (Lipinski definition) is 0. The number of halogens is 1. The number of likely N-dealkylation sites (N-methyl/N-ethyl adjacent to an activating group) is 1. The maximum atomic E-state index is 4.47. The number of aromatic nitrogens is 2. The van der Waals surface area contributed by atoms with Crippen LogP contribution in [-0.2, 0) is 0 Å². The Kier molecular flexibility index (Phi) is 4.11. The number of benzene rings is 1. The lowest BCUT2D eigenvalue weighted by molar-refractivity contribution is -0.903. The van der Waals surface area contributed by atoms with Crippen LogP contribution < -0.4 is 4.90 Å². The van der Waals surface area contributed by atoms with Crippen LogP contribution in [0.3, 0.4) is 0 Å². The molecule has 4 rings (SSSR count). The summed E-state index contributed by atoms with van der Waals surface area (Å²) in [6, 6.07) is 15.8. The van der Waals surface area contributed by atoms with Gasteiger partial charge in [-0.15, -0.1) is 34.2 Å². The number of hydrogen-bond acceptors (Lipinski definition) is 3. The lowest BCUT2D eigenvalue weighted by Crippen LogP contribution is -2.55. The maximum absolute atomic E-state index is 4.47. The second kappa shape index (κ2) is 5.77. The van der Waals surface area contributed by atoms with Crippen LogP contribution in [0.15, 0.2) is 42.5 Å². The van der Waals surface area contributed by atoms with Crippen LogP contribution in [0.4, 0.5) is 5.82 Å². The van der Waals surface area contributed by atoms with E-state index in [1.165, 1.54) is 13.0 Å². The molecule has 0 radical (unpaired) electrons. The van der Waals surface area contributed by atoms with Crippen molar-refractivity contribution in [3.05, 3.63) is 42.5 Å². The summed E-state index contributed by atoms with van der Waals surface area (Å²) in [6.45, 7) is 2.32. The highest BCUT2D eigenvalue weighted by atomic mass is 127. The van der Waals surface area contributed by atoms with Gasteiger partial charge < -0.3 is 9.38 Å². The van der Waals surface area contributed by atoms with Gasteiger partial charge in [0.25, 0.3) is 0 Å². The Morgan fingerprint density at radius 2 is 1.82 bits per heavy atom. The molecule has 2 atom stereocenters. The molecule has 5 heteroatoms. The minimum Gasteiger partial charge on any atom is -0.340 e. The van der Waals surface area contributed by atoms with E-state index in [9.17, 15) is 0 Å². The summed E-state index contributed by atoms with van der Waals surface area (Å²) < 4.78 is 1.15. The van der Waals surface area contributed by atoms with Crippen LogP contribution >= 0.6 is 24.0 Å². The van der Waals surface area contributed by atoms with E-state index in [0.29, 0.717) is 6.04 Å². The fourth-order valence-electron chi connectivity index (χ4n) is 3.79. The molecule has 2 fully saturated rings. The number of piperazine rings is 1. The number of anilines is 1. The van der Waals surface area contributed by atoms with Crippen molar-refractivity contribution in [3.8, 4) is 11.3 Å². The zero-order valence-corrected chi connectivity index (χ0v) is 15.3. The normalized spacial score (nSPS) is 25.1. The summed E-state index contributed by atoms with van der Waals surface area (Å²) in [4.78, 5) is 2.44. The molecular weight excluding hydrogens is 387 g/mol. The Hall–Kier alpha value is -1.21. The van der Waals surface area contributed by atoms with E-state index in [-0.39, 0.29) is 24.0 Å². The third kappa shape index (κ3) is 2.60. The third-order valence-corrected chi connectivity index (χ3v) is 5.08. The van der Waals surface area contributed by atoms with Gasteiger partial charge in [-0.2, -0.15) is 0 Å². The van der Waals surface area contributed by atoms with Crippen molar-refractivity contribution >= 4 is 29.8 Å². The molecule has 2 saturated heterocycles. The highest BCUT2D eigenvalue weighted by molar-refractivity contribution is 14.0. The second-order valence-electron chi connectivity index (χ2n) is 6.80. The molecule has 1 aromatic carbocycles. The summed E-state index contributed by atoms with van der Waals surface area (Å²) in [5, 5.41) is 8.89.